The molecule has 6 heterocycles. The molecular weight excluding hydrogens is 1560 g/mol. The van der Waals surface area contributed by atoms with E-state index in [2.05, 4.69) is 237 Å². The second kappa shape index (κ2) is 32.3. The summed E-state index contributed by atoms with van der Waals surface area (Å²) in [6.07, 6.45) is 0. The van der Waals surface area contributed by atoms with E-state index in [9.17, 15) is 0 Å². The lowest BCUT2D eigenvalue weighted by Crippen LogP contribution is -2.00. The second-order valence-corrected chi connectivity index (χ2v) is 33.5. The van der Waals surface area contributed by atoms with E-state index >= 15 is 0 Å². The Hall–Kier alpha value is -15.6. The first kappa shape index (κ1) is 73.8. The van der Waals surface area contributed by atoms with Gasteiger partial charge in [0.15, 0.2) is 52.4 Å². The average molecular weight is 1630 g/mol. The van der Waals surface area contributed by atoms with Gasteiger partial charge in [0.2, 0.25) is 0 Å². The summed E-state index contributed by atoms with van der Waals surface area (Å²) in [5.74, 6) is 5.96. The zero-order valence-electron chi connectivity index (χ0n) is 66.1. The van der Waals surface area contributed by atoms with Gasteiger partial charge in [-0.2, -0.15) is 0 Å². The molecule has 576 valence electrons. The van der Waals surface area contributed by atoms with Crippen LogP contribution >= 0.6 is 34.0 Å². The van der Waals surface area contributed by atoms with Gasteiger partial charge in [-0.15, -0.1) is 34.0 Å². The number of hydrogen-bond acceptors (Lipinski definition) is 12. The quantitative estimate of drug-likeness (QED) is 0.118. The van der Waals surface area contributed by atoms with Gasteiger partial charge < -0.3 is 0 Å². The van der Waals surface area contributed by atoms with Crippen molar-refractivity contribution in [3.63, 3.8) is 0 Å². The molecule has 0 aliphatic heterocycles. The summed E-state index contributed by atoms with van der Waals surface area (Å²) >= 11 is 5.57. The molecule has 24 rings (SSSR count). The number of thiophene rings is 3. The molecule has 0 unspecified atom stereocenters. The smallest absolute Gasteiger partial charge is 0.164 e. The first-order chi connectivity index (χ1) is 60.9. The highest BCUT2D eigenvalue weighted by Crippen LogP contribution is 2.45. The Morgan fingerprint density at radius 3 is 0.797 bits per heavy atom. The van der Waals surface area contributed by atoms with Crippen molar-refractivity contribution in [3.8, 4) is 136 Å². The fourth-order valence-corrected chi connectivity index (χ4v) is 20.0. The van der Waals surface area contributed by atoms with Crippen molar-refractivity contribution < 1.29 is 0 Å². The van der Waals surface area contributed by atoms with E-state index in [1.54, 1.807) is 0 Å². The molecule has 0 radical (unpaired) electrons. The highest BCUT2D eigenvalue weighted by atomic mass is 32.1. The molecule has 0 atom stereocenters. The van der Waals surface area contributed by atoms with Crippen LogP contribution in [0.2, 0.25) is 0 Å². The molecule has 24 aromatic rings. The maximum Gasteiger partial charge on any atom is 0.164 e. The average Bonchev–Trinajstić information content (AvgIpc) is 1.63. The van der Waals surface area contributed by atoms with Crippen molar-refractivity contribution in [2.45, 2.75) is 0 Å². The van der Waals surface area contributed by atoms with E-state index in [1.165, 1.54) is 110 Å². The topological polar surface area (TPSA) is 116 Å². The molecule has 0 fully saturated rings. The van der Waals surface area contributed by atoms with Crippen LogP contribution < -0.4 is 0 Å². The summed E-state index contributed by atoms with van der Waals surface area (Å²) in [5.41, 5.74) is 15.6. The van der Waals surface area contributed by atoms with Crippen LogP contribution in [-0.2, 0) is 0 Å². The minimum atomic E-state index is 0.658. The summed E-state index contributed by atoms with van der Waals surface area (Å²) in [5, 5.41) is 15.5. The van der Waals surface area contributed by atoms with E-state index in [4.69, 9.17) is 44.9 Å². The Balaban J connectivity index is 0.000000110. The number of fused-ring (bicyclic) bond motifs is 15. The van der Waals surface area contributed by atoms with E-state index in [-0.39, 0.29) is 0 Å². The van der Waals surface area contributed by atoms with Gasteiger partial charge in [-0.1, -0.05) is 352 Å². The molecule has 18 aromatic carbocycles. The number of benzene rings is 18. The minimum absolute atomic E-state index is 0.658. The molecule has 0 spiro atoms. The Morgan fingerprint density at radius 1 is 0.130 bits per heavy atom. The van der Waals surface area contributed by atoms with E-state index in [1.807, 2.05) is 216 Å². The molecule has 0 saturated heterocycles. The number of rotatable bonds is 12. The number of aromatic nitrogens is 9. The third-order valence-electron chi connectivity index (χ3n) is 22.6. The predicted molar refractivity (Wildman–Crippen MR) is 516 cm³/mol. The molecule has 12 heteroatoms. The van der Waals surface area contributed by atoms with Crippen LogP contribution in [0.3, 0.4) is 0 Å². The molecule has 0 aliphatic carbocycles. The van der Waals surface area contributed by atoms with Gasteiger partial charge in [0, 0.05) is 111 Å². The van der Waals surface area contributed by atoms with Crippen LogP contribution in [0.15, 0.2) is 419 Å². The highest BCUT2D eigenvalue weighted by molar-refractivity contribution is 7.26. The molecule has 0 amide bonds. The van der Waals surface area contributed by atoms with Gasteiger partial charge in [0.05, 0.1) is 0 Å². The summed E-state index contributed by atoms with van der Waals surface area (Å²) in [7, 11) is 0. The summed E-state index contributed by atoms with van der Waals surface area (Å²) in [6.45, 7) is 0. The lowest BCUT2D eigenvalue weighted by atomic mass is 9.94. The Kier molecular flexibility index (Phi) is 19.4. The molecule has 0 bridgehead atoms. The Morgan fingerprint density at radius 2 is 0.390 bits per heavy atom. The highest BCUT2D eigenvalue weighted by Gasteiger charge is 2.21. The SMILES string of the molecule is c1ccc(-c2nc(-c3ccccc3)nc(-c3cccc(-c4ccc5c(ccc6sc7ccccc7c65)c4)c3)n2)cc1.c1ccc(-c2nc(-c3ccccc3)nc(-c3cccc(-c4ccc5ccc6sc7ccccc7c6c5c4)c3)n2)cc1.c1ccc(-c2nc(-c3ccccc3)nc(-c3cccc(-c4cccc5c4ccc4sc6ccccc6c45)c3)n2)cc1. The van der Waals surface area contributed by atoms with Crippen LogP contribution in [0.25, 0.3) is 229 Å². The van der Waals surface area contributed by atoms with Crippen molar-refractivity contribution in [2.24, 2.45) is 0 Å². The van der Waals surface area contributed by atoms with Crippen LogP contribution in [-0.4, -0.2) is 44.9 Å². The van der Waals surface area contributed by atoms with Crippen molar-refractivity contribution in [1.29, 1.82) is 0 Å². The second-order valence-electron chi connectivity index (χ2n) is 30.2. The molecule has 9 nitrogen and oxygen atoms in total. The normalized spacial score (nSPS) is 11.4. The minimum Gasteiger partial charge on any atom is -0.208 e. The molecule has 123 heavy (non-hydrogen) atoms. The zero-order chi connectivity index (χ0) is 81.5. The third-order valence-corrected chi connectivity index (χ3v) is 26.0. The maximum absolute atomic E-state index is 4.94. The van der Waals surface area contributed by atoms with E-state index < -0.39 is 0 Å². The number of nitrogens with zero attached hydrogens (tertiary/aromatic N) is 9. The summed E-state index contributed by atoms with van der Waals surface area (Å²) < 4.78 is 7.93. The first-order valence-corrected chi connectivity index (χ1v) is 43.3. The first-order valence-electron chi connectivity index (χ1n) is 40.9. The van der Waals surface area contributed by atoms with Crippen molar-refractivity contribution in [3.05, 3.63) is 419 Å². The van der Waals surface area contributed by atoms with Crippen LogP contribution in [0, 0.1) is 0 Å². The van der Waals surface area contributed by atoms with Crippen molar-refractivity contribution in [2.75, 3.05) is 0 Å². The standard InChI is InChI=1S/3C37H23N3S/c1-3-11-24(12-4-1)35-38-36(25-13-5-2-6-14-25)40-37(39-35)27-16-9-15-26(23-27)28-18-10-19-30-29(28)21-22-33-34(30)31-17-7-8-20-32(31)41-33;1-3-10-24(11-4-1)35-38-36(25-12-5-2-6-13-25)40-37(39-35)29-15-9-14-26(23-29)27-18-20-30-28(22-27)19-21-33-34(30)31-16-7-8-17-32(31)41-33;1-3-10-25(11-4-1)35-38-36(26-12-5-2-6-13-26)40-37(39-35)29-15-9-14-27(22-29)28-19-18-24-20-21-33-34(31(24)23-28)30-16-7-8-17-32(30)41-33/h3*1-23H. The van der Waals surface area contributed by atoms with Crippen LogP contribution in [0.1, 0.15) is 0 Å². The molecule has 0 saturated carbocycles. The molecule has 6 aromatic heterocycles. The zero-order valence-corrected chi connectivity index (χ0v) is 68.5. The summed E-state index contributed by atoms with van der Waals surface area (Å²) in [6, 6.07) is 146. The molecule has 0 N–H and O–H groups in total. The monoisotopic (exact) mass is 1620 g/mol. The summed E-state index contributed by atoms with van der Waals surface area (Å²) in [4.78, 5) is 44.1. The predicted octanol–water partition coefficient (Wildman–Crippen LogP) is 30.2. The van der Waals surface area contributed by atoms with Gasteiger partial charge in [0.25, 0.3) is 0 Å². The van der Waals surface area contributed by atoms with Gasteiger partial charge in [-0.3, -0.25) is 0 Å². The van der Waals surface area contributed by atoms with Gasteiger partial charge in [-0.25, -0.2) is 44.9 Å². The Bertz CT molecular complexity index is 7880. The van der Waals surface area contributed by atoms with Crippen molar-refractivity contribution >= 4 is 127 Å². The third kappa shape index (κ3) is 14.6. The lowest BCUT2D eigenvalue weighted by molar-refractivity contribution is 1.07. The van der Waals surface area contributed by atoms with E-state index in [0.29, 0.717) is 52.4 Å². The molecular formula is C111H69N9S3. The fourth-order valence-electron chi connectivity index (χ4n) is 16.6. The van der Waals surface area contributed by atoms with Gasteiger partial charge in [0.1, 0.15) is 0 Å². The van der Waals surface area contributed by atoms with Crippen molar-refractivity contribution in [1.82, 2.24) is 44.9 Å². The number of hydrogen-bond donors (Lipinski definition) is 0. The van der Waals surface area contributed by atoms with E-state index in [0.717, 1.165) is 66.8 Å². The maximum atomic E-state index is 4.94. The lowest BCUT2D eigenvalue weighted by Gasteiger charge is -2.11. The van der Waals surface area contributed by atoms with Crippen LogP contribution in [0.4, 0.5) is 0 Å². The largest absolute Gasteiger partial charge is 0.208 e. The fraction of sp³-hybridized carbons (Fsp3) is 0. The van der Waals surface area contributed by atoms with Gasteiger partial charge in [-0.05, 0) is 132 Å². The molecule has 0 aliphatic rings. The van der Waals surface area contributed by atoms with Crippen LogP contribution in [0.5, 0.6) is 0 Å². The van der Waals surface area contributed by atoms with Gasteiger partial charge >= 0.3 is 0 Å². The Labute approximate surface area is 720 Å².